The highest BCUT2D eigenvalue weighted by molar-refractivity contribution is 9.10. The van der Waals surface area contributed by atoms with Gasteiger partial charge in [-0.05, 0) is 12.8 Å². The first-order valence-electron chi connectivity index (χ1n) is 3.91. The highest BCUT2D eigenvalue weighted by atomic mass is 79.9. The van der Waals surface area contributed by atoms with Crippen molar-refractivity contribution in [2.45, 2.75) is 23.8 Å². The lowest BCUT2D eigenvalue weighted by atomic mass is 10.2. The van der Waals surface area contributed by atoms with E-state index in [0.29, 0.717) is 6.42 Å². The van der Waals surface area contributed by atoms with E-state index in [2.05, 4.69) is 31.9 Å². The van der Waals surface area contributed by atoms with Crippen LogP contribution in [-0.4, -0.2) is 28.8 Å². The molecule has 7 heteroatoms. The monoisotopic (exact) mass is 339 g/mol. The minimum atomic E-state index is -4.35. The Labute approximate surface area is 96.9 Å². The van der Waals surface area contributed by atoms with Gasteiger partial charge in [-0.2, -0.15) is 13.2 Å². The molecule has 0 bridgehead atoms. The van der Waals surface area contributed by atoms with Crippen molar-refractivity contribution in [3.05, 3.63) is 0 Å². The summed E-state index contributed by atoms with van der Waals surface area (Å²) in [5.74, 6) is -0.622. The molecule has 1 N–H and O–H groups in total. The Morgan fingerprint density at radius 2 is 2.00 bits per heavy atom. The first-order valence-corrected chi connectivity index (χ1v) is 5.95. The van der Waals surface area contributed by atoms with Crippen molar-refractivity contribution in [2.24, 2.45) is 0 Å². The largest absolute Gasteiger partial charge is 0.405 e. The molecule has 0 aliphatic carbocycles. The molecule has 0 saturated carbocycles. The molecule has 0 radical (unpaired) electrons. The standard InChI is InChI=1S/C7H10Br2F3NO/c8-3-1-2-5(9)6(14)13-4-7(10,11)12/h5H,1-4H2,(H,13,14)/t5-/m0/s1. The Balaban J connectivity index is 3.73. The van der Waals surface area contributed by atoms with E-state index in [9.17, 15) is 18.0 Å². The lowest BCUT2D eigenvalue weighted by Crippen LogP contribution is -2.38. The highest BCUT2D eigenvalue weighted by Gasteiger charge is 2.28. The van der Waals surface area contributed by atoms with E-state index in [1.165, 1.54) is 0 Å². The fourth-order valence-electron chi connectivity index (χ4n) is 0.686. The summed E-state index contributed by atoms with van der Waals surface area (Å²) in [6.07, 6.45) is -3.11. The molecular formula is C7H10Br2F3NO. The van der Waals surface area contributed by atoms with Crippen molar-refractivity contribution < 1.29 is 18.0 Å². The lowest BCUT2D eigenvalue weighted by molar-refractivity contribution is -0.138. The van der Waals surface area contributed by atoms with Crippen LogP contribution in [0.2, 0.25) is 0 Å². The van der Waals surface area contributed by atoms with E-state index >= 15 is 0 Å². The Kier molecular flexibility index (Phi) is 6.76. The zero-order chi connectivity index (χ0) is 11.2. The molecule has 2 nitrogen and oxygen atoms in total. The summed E-state index contributed by atoms with van der Waals surface area (Å²) in [5.41, 5.74) is 0. The smallest absolute Gasteiger partial charge is 0.346 e. The van der Waals surface area contributed by atoms with Crippen molar-refractivity contribution in [1.29, 1.82) is 0 Å². The lowest BCUT2D eigenvalue weighted by Gasteiger charge is -2.11. The van der Waals surface area contributed by atoms with Gasteiger partial charge >= 0.3 is 6.18 Å². The molecule has 0 spiro atoms. The molecule has 0 aromatic rings. The molecular weight excluding hydrogens is 331 g/mol. The molecule has 0 aromatic carbocycles. The summed E-state index contributed by atoms with van der Waals surface area (Å²) >= 11 is 6.18. The van der Waals surface area contributed by atoms with Crippen molar-refractivity contribution >= 4 is 37.8 Å². The topological polar surface area (TPSA) is 29.1 Å². The number of amides is 1. The van der Waals surface area contributed by atoms with Crippen LogP contribution in [0.4, 0.5) is 13.2 Å². The summed E-state index contributed by atoms with van der Waals surface area (Å²) in [5, 5.41) is 2.53. The van der Waals surface area contributed by atoms with Crippen LogP contribution in [0.5, 0.6) is 0 Å². The van der Waals surface area contributed by atoms with Crippen LogP contribution >= 0.6 is 31.9 Å². The molecule has 0 rings (SSSR count). The molecule has 14 heavy (non-hydrogen) atoms. The van der Waals surface area contributed by atoms with Gasteiger partial charge in [0.05, 0.1) is 4.83 Å². The predicted octanol–water partition coefficient (Wildman–Crippen LogP) is 2.60. The Morgan fingerprint density at radius 1 is 1.43 bits per heavy atom. The summed E-state index contributed by atoms with van der Waals surface area (Å²) in [6.45, 7) is -1.28. The van der Waals surface area contributed by atoms with Gasteiger partial charge in [-0.15, -0.1) is 0 Å². The average Bonchev–Trinajstić information content (AvgIpc) is 2.09. The van der Waals surface area contributed by atoms with Crippen molar-refractivity contribution in [3.8, 4) is 0 Å². The van der Waals surface area contributed by atoms with Crippen molar-refractivity contribution in [1.82, 2.24) is 5.32 Å². The van der Waals surface area contributed by atoms with E-state index in [0.717, 1.165) is 11.8 Å². The molecule has 0 fully saturated rings. The Bertz CT molecular complexity index is 186. The minimum Gasteiger partial charge on any atom is -0.346 e. The van der Waals surface area contributed by atoms with Gasteiger partial charge in [-0.3, -0.25) is 4.79 Å². The zero-order valence-electron chi connectivity index (χ0n) is 7.20. The van der Waals surface area contributed by atoms with Crippen molar-refractivity contribution in [3.63, 3.8) is 0 Å². The molecule has 1 atom stereocenters. The van der Waals surface area contributed by atoms with Crippen LogP contribution in [0.3, 0.4) is 0 Å². The third kappa shape index (κ3) is 7.61. The number of carbonyl (C=O) groups is 1. The van der Waals surface area contributed by atoms with Gasteiger partial charge in [0.1, 0.15) is 6.54 Å². The highest BCUT2D eigenvalue weighted by Crippen LogP contribution is 2.14. The first kappa shape index (κ1) is 14.2. The summed E-state index contributed by atoms with van der Waals surface area (Å²) in [6, 6.07) is 0. The molecule has 0 aliphatic heterocycles. The van der Waals surface area contributed by atoms with E-state index in [-0.39, 0.29) is 0 Å². The second-order valence-corrected chi connectivity index (χ2v) is 4.53. The summed E-state index contributed by atoms with van der Waals surface area (Å²) in [7, 11) is 0. The number of hydrogen-bond donors (Lipinski definition) is 1. The molecule has 0 aliphatic rings. The average molecular weight is 341 g/mol. The molecule has 1 amide bonds. The fourth-order valence-corrected chi connectivity index (χ4v) is 1.49. The number of nitrogens with one attached hydrogen (secondary N) is 1. The molecule has 0 saturated heterocycles. The van der Waals surface area contributed by atoms with Crippen LogP contribution in [0.25, 0.3) is 0 Å². The van der Waals surface area contributed by atoms with Gasteiger partial charge in [-0.25, -0.2) is 0 Å². The number of carbonyl (C=O) groups excluding carboxylic acids is 1. The van der Waals surface area contributed by atoms with Gasteiger partial charge in [0.25, 0.3) is 0 Å². The van der Waals surface area contributed by atoms with Crippen LogP contribution in [-0.2, 0) is 4.79 Å². The molecule has 0 aromatic heterocycles. The maximum atomic E-state index is 11.7. The molecule has 0 unspecified atom stereocenters. The second-order valence-electron chi connectivity index (χ2n) is 2.63. The van der Waals surface area contributed by atoms with Gasteiger partial charge in [0.15, 0.2) is 0 Å². The van der Waals surface area contributed by atoms with Crippen LogP contribution in [0.1, 0.15) is 12.8 Å². The van der Waals surface area contributed by atoms with Crippen LogP contribution in [0.15, 0.2) is 0 Å². The third-order valence-electron chi connectivity index (χ3n) is 1.34. The van der Waals surface area contributed by atoms with E-state index in [1.54, 1.807) is 5.32 Å². The van der Waals surface area contributed by atoms with Crippen molar-refractivity contribution in [2.75, 3.05) is 11.9 Å². The number of alkyl halides is 5. The first-order chi connectivity index (χ1) is 6.37. The third-order valence-corrected chi connectivity index (χ3v) is 2.77. The number of hydrogen-bond acceptors (Lipinski definition) is 1. The fraction of sp³-hybridized carbons (Fsp3) is 0.857. The predicted molar refractivity (Wildman–Crippen MR) is 54.8 cm³/mol. The maximum Gasteiger partial charge on any atom is 0.405 e. The Morgan fingerprint density at radius 3 is 2.43 bits per heavy atom. The summed E-state index contributed by atoms with van der Waals surface area (Å²) < 4.78 is 35.1. The van der Waals surface area contributed by atoms with Gasteiger partial charge < -0.3 is 5.32 Å². The van der Waals surface area contributed by atoms with E-state index < -0.39 is 23.5 Å². The molecule has 0 heterocycles. The van der Waals surface area contributed by atoms with Gasteiger partial charge in [0.2, 0.25) is 5.91 Å². The normalized spacial score (nSPS) is 13.8. The number of halogens is 5. The molecule has 84 valence electrons. The number of rotatable bonds is 5. The summed E-state index contributed by atoms with van der Waals surface area (Å²) in [4.78, 5) is 10.5. The second kappa shape index (κ2) is 6.66. The van der Waals surface area contributed by atoms with E-state index in [4.69, 9.17) is 0 Å². The minimum absolute atomic E-state index is 0.509. The van der Waals surface area contributed by atoms with Gasteiger partial charge in [-0.1, -0.05) is 31.9 Å². The zero-order valence-corrected chi connectivity index (χ0v) is 10.4. The maximum absolute atomic E-state index is 11.7. The SMILES string of the molecule is O=C(NCC(F)(F)F)[C@@H](Br)CCCBr. The Hall–Kier alpha value is 0.220. The van der Waals surface area contributed by atoms with Crippen LogP contribution < -0.4 is 5.32 Å². The van der Waals surface area contributed by atoms with Crippen LogP contribution in [0, 0.1) is 0 Å². The quantitative estimate of drug-likeness (QED) is 0.766. The van der Waals surface area contributed by atoms with Gasteiger partial charge in [0, 0.05) is 5.33 Å². The van der Waals surface area contributed by atoms with E-state index in [1.807, 2.05) is 0 Å².